The molecular weight excluding hydrogens is 373 g/mol. The van der Waals surface area contributed by atoms with Crippen molar-refractivity contribution in [3.05, 3.63) is 71.0 Å². The van der Waals surface area contributed by atoms with Crippen LogP contribution in [-0.2, 0) is 11.3 Å². The molecule has 29 heavy (non-hydrogen) atoms. The van der Waals surface area contributed by atoms with E-state index >= 15 is 0 Å². The summed E-state index contributed by atoms with van der Waals surface area (Å²) in [7, 11) is 0. The lowest BCUT2D eigenvalue weighted by atomic mass is 9.87. The minimum absolute atomic E-state index is 0.0696. The zero-order chi connectivity index (χ0) is 20.6. The summed E-state index contributed by atoms with van der Waals surface area (Å²) in [6.45, 7) is 2.84. The van der Waals surface area contributed by atoms with Crippen LogP contribution in [0, 0.1) is 12.7 Å². The second kappa shape index (κ2) is 7.31. The summed E-state index contributed by atoms with van der Waals surface area (Å²) in [6, 6.07) is 12.7. The highest BCUT2D eigenvalue weighted by Crippen LogP contribution is 2.31. The Hall–Kier alpha value is -3.22. The number of aryl methyl sites for hydroxylation is 1. The average molecular weight is 395 g/mol. The average Bonchev–Trinajstić information content (AvgIpc) is 2.94. The fourth-order valence-electron chi connectivity index (χ4n) is 3.90. The third kappa shape index (κ3) is 3.60. The number of carbonyl (C=O) groups excluding carboxylic acids is 3. The van der Waals surface area contributed by atoms with Crippen molar-refractivity contribution in [1.29, 1.82) is 0 Å². The van der Waals surface area contributed by atoms with E-state index in [1.54, 1.807) is 29.2 Å². The number of halogens is 1. The Morgan fingerprint density at radius 2 is 1.66 bits per heavy atom. The van der Waals surface area contributed by atoms with Gasteiger partial charge >= 0.3 is 6.03 Å². The highest BCUT2D eigenvalue weighted by Gasteiger charge is 2.52. The van der Waals surface area contributed by atoms with Gasteiger partial charge in [-0.3, -0.25) is 14.5 Å². The Labute approximate surface area is 168 Å². The topological polar surface area (TPSA) is 69.7 Å². The molecule has 0 saturated carbocycles. The number of imide groups is 1. The molecule has 4 rings (SSSR count). The number of urea groups is 1. The first kappa shape index (κ1) is 19.1. The van der Waals surface area contributed by atoms with Gasteiger partial charge < -0.3 is 10.2 Å². The largest absolute Gasteiger partial charge is 0.338 e. The van der Waals surface area contributed by atoms with Gasteiger partial charge in [0.05, 0.1) is 6.54 Å². The van der Waals surface area contributed by atoms with Crippen molar-refractivity contribution in [1.82, 2.24) is 15.1 Å². The lowest BCUT2D eigenvalue weighted by Gasteiger charge is -2.37. The van der Waals surface area contributed by atoms with E-state index in [0.717, 1.165) is 5.56 Å². The second-order valence-corrected chi connectivity index (χ2v) is 7.69. The van der Waals surface area contributed by atoms with E-state index in [1.807, 2.05) is 19.1 Å². The van der Waals surface area contributed by atoms with E-state index in [-0.39, 0.29) is 24.2 Å². The molecule has 2 aliphatic rings. The number of piperidine rings is 1. The van der Waals surface area contributed by atoms with Gasteiger partial charge in [0.25, 0.3) is 11.8 Å². The molecule has 1 N–H and O–H groups in total. The normalized spacial score (nSPS) is 18.3. The van der Waals surface area contributed by atoms with Crippen LogP contribution in [-0.4, -0.2) is 46.3 Å². The number of rotatable bonds is 3. The van der Waals surface area contributed by atoms with Gasteiger partial charge in [-0.25, -0.2) is 9.18 Å². The summed E-state index contributed by atoms with van der Waals surface area (Å²) in [4.78, 5) is 41.0. The maximum absolute atomic E-state index is 13.1. The summed E-state index contributed by atoms with van der Waals surface area (Å²) in [5.41, 5.74) is 1.41. The van der Waals surface area contributed by atoms with Crippen molar-refractivity contribution in [2.45, 2.75) is 31.8 Å². The Bertz CT molecular complexity index is 948. The number of carbonyl (C=O) groups is 3. The molecule has 7 heteroatoms. The van der Waals surface area contributed by atoms with E-state index in [2.05, 4.69) is 5.32 Å². The van der Waals surface area contributed by atoms with Crippen LogP contribution < -0.4 is 5.32 Å². The molecule has 0 aromatic heterocycles. The molecule has 0 radical (unpaired) electrons. The third-order valence-electron chi connectivity index (χ3n) is 5.70. The number of amides is 4. The van der Waals surface area contributed by atoms with E-state index in [9.17, 15) is 18.8 Å². The van der Waals surface area contributed by atoms with Crippen LogP contribution in [0.3, 0.4) is 0 Å². The SMILES string of the molecule is Cc1ccc(C(=O)N2CCC3(CC2)NC(=O)N(Cc2ccc(F)cc2)C3=O)cc1. The Kier molecular flexibility index (Phi) is 4.82. The summed E-state index contributed by atoms with van der Waals surface area (Å²) < 4.78 is 13.1. The van der Waals surface area contributed by atoms with Crippen molar-refractivity contribution >= 4 is 17.8 Å². The molecule has 150 valence electrons. The van der Waals surface area contributed by atoms with Gasteiger partial charge in [0.15, 0.2) is 0 Å². The monoisotopic (exact) mass is 395 g/mol. The standard InChI is InChI=1S/C22H22FN3O3/c1-15-2-6-17(7-3-15)19(27)25-12-10-22(11-13-25)20(28)26(21(29)24-22)14-16-4-8-18(23)9-5-16/h2-9H,10-14H2,1H3,(H,24,29). The van der Waals surface area contributed by atoms with Gasteiger partial charge in [0, 0.05) is 18.7 Å². The predicted molar refractivity (Wildman–Crippen MR) is 105 cm³/mol. The van der Waals surface area contributed by atoms with Crippen molar-refractivity contribution in [3.63, 3.8) is 0 Å². The van der Waals surface area contributed by atoms with Gasteiger partial charge in [-0.15, -0.1) is 0 Å². The van der Waals surface area contributed by atoms with Crippen LogP contribution >= 0.6 is 0 Å². The number of likely N-dealkylation sites (tertiary alicyclic amines) is 1. The van der Waals surface area contributed by atoms with Gasteiger partial charge in [0.2, 0.25) is 0 Å². The molecule has 0 bridgehead atoms. The zero-order valence-electron chi connectivity index (χ0n) is 16.2. The number of hydrogen-bond acceptors (Lipinski definition) is 3. The van der Waals surface area contributed by atoms with Crippen LogP contribution in [0.1, 0.15) is 34.3 Å². The minimum Gasteiger partial charge on any atom is -0.338 e. The fraction of sp³-hybridized carbons (Fsp3) is 0.318. The van der Waals surface area contributed by atoms with E-state index < -0.39 is 11.6 Å². The molecule has 6 nitrogen and oxygen atoms in total. The molecule has 1 spiro atoms. The molecule has 0 aliphatic carbocycles. The van der Waals surface area contributed by atoms with Crippen LogP contribution in [0.2, 0.25) is 0 Å². The van der Waals surface area contributed by atoms with E-state index in [4.69, 9.17) is 0 Å². The maximum atomic E-state index is 13.1. The predicted octanol–water partition coefficient (Wildman–Crippen LogP) is 2.86. The lowest BCUT2D eigenvalue weighted by molar-refractivity contribution is -0.133. The smallest absolute Gasteiger partial charge is 0.325 e. The van der Waals surface area contributed by atoms with Gasteiger partial charge in [0.1, 0.15) is 11.4 Å². The Morgan fingerprint density at radius 1 is 1.03 bits per heavy atom. The van der Waals surface area contributed by atoms with Gasteiger partial charge in [-0.05, 0) is 49.6 Å². The van der Waals surface area contributed by atoms with Crippen molar-refractivity contribution in [2.75, 3.05) is 13.1 Å². The van der Waals surface area contributed by atoms with Crippen LogP contribution in [0.5, 0.6) is 0 Å². The quantitative estimate of drug-likeness (QED) is 0.813. The highest BCUT2D eigenvalue weighted by atomic mass is 19.1. The van der Waals surface area contributed by atoms with Gasteiger partial charge in [-0.1, -0.05) is 29.8 Å². The van der Waals surface area contributed by atoms with Crippen LogP contribution in [0.25, 0.3) is 0 Å². The number of hydrogen-bond donors (Lipinski definition) is 1. The molecule has 2 heterocycles. The third-order valence-corrected chi connectivity index (χ3v) is 5.70. The first-order chi connectivity index (χ1) is 13.9. The summed E-state index contributed by atoms with van der Waals surface area (Å²) in [5, 5.41) is 2.83. The second-order valence-electron chi connectivity index (χ2n) is 7.69. The molecule has 2 aliphatic heterocycles. The molecule has 2 fully saturated rings. The number of benzene rings is 2. The van der Waals surface area contributed by atoms with Gasteiger partial charge in [-0.2, -0.15) is 0 Å². The zero-order valence-corrected chi connectivity index (χ0v) is 16.2. The van der Waals surface area contributed by atoms with Crippen molar-refractivity contribution < 1.29 is 18.8 Å². The Balaban J connectivity index is 1.43. The van der Waals surface area contributed by atoms with E-state index in [1.165, 1.54) is 17.0 Å². The number of nitrogens with one attached hydrogen (secondary N) is 1. The van der Waals surface area contributed by atoms with Crippen molar-refractivity contribution in [2.24, 2.45) is 0 Å². The molecule has 0 atom stereocenters. The van der Waals surface area contributed by atoms with Crippen molar-refractivity contribution in [3.8, 4) is 0 Å². The molecule has 2 saturated heterocycles. The fourth-order valence-corrected chi connectivity index (χ4v) is 3.90. The first-order valence-corrected chi connectivity index (χ1v) is 9.62. The van der Waals surface area contributed by atoms with Crippen LogP contribution in [0.4, 0.5) is 9.18 Å². The Morgan fingerprint density at radius 3 is 2.28 bits per heavy atom. The number of nitrogens with zero attached hydrogens (tertiary/aromatic N) is 2. The minimum atomic E-state index is -0.971. The molecule has 2 aromatic carbocycles. The summed E-state index contributed by atoms with van der Waals surface area (Å²) in [6.07, 6.45) is 0.740. The molecular formula is C22H22FN3O3. The molecule has 2 aromatic rings. The molecule has 4 amide bonds. The maximum Gasteiger partial charge on any atom is 0.325 e. The highest BCUT2D eigenvalue weighted by molar-refractivity contribution is 6.07. The molecule has 0 unspecified atom stereocenters. The summed E-state index contributed by atoms with van der Waals surface area (Å²) >= 11 is 0. The van der Waals surface area contributed by atoms with Crippen LogP contribution in [0.15, 0.2) is 48.5 Å². The summed E-state index contributed by atoms with van der Waals surface area (Å²) in [5.74, 6) is -0.720. The lowest BCUT2D eigenvalue weighted by Crippen LogP contribution is -2.55. The van der Waals surface area contributed by atoms with E-state index in [0.29, 0.717) is 37.1 Å². The first-order valence-electron chi connectivity index (χ1n) is 9.62.